The van der Waals surface area contributed by atoms with Gasteiger partial charge >= 0.3 is 0 Å². The molecule has 1 amide bonds. The molecule has 4 nitrogen and oxygen atoms in total. The number of ether oxygens (including phenoxy) is 2. The average molecular weight is 396 g/mol. The Morgan fingerprint density at radius 3 is 2.17 bits per heavy atom. The molecule has 0 spiro atoms. The number of rotatable bonds is 7. The standard InChI is InChI=1S/C25H33NO3/c1-25(2,3)20-12-14-21(15-13-20)26-24(27)19-8-7-11-23(18-19)29-17-16-28-22-9-5-4-6-10-22/h4-11,18,20-21H,12-17H2,1-3H3,(H,26,27). The molecule has 156 valence electrons. The largest absolute Gasteiger partial charge is 0.490 e. The van der Waals surface area contributed by atoms with Gasteiger partial charge in [0.1, 0.15) is 24.7 Å². The van der Waals surface area contributed by atoms with E-state index in [1.165, 1.54) is 12.8 Å². The fraction of sp³-hybridized carbons (Fsp3) is 0.480. The van der Waals surface area contributed by atoms with Gasteiger partial charge in [0.25, 0.3) is 5.91 Å². The maximum absolute atomic E-state index is 12.7. The number of carbonyl (C=O) groups excluding carboxylic acids is 1. The Kier molecular flexibility index (Phi) is 7.18. The van der Waals surface area contributed by atoms with Crippen molar-refractivity contribution in [2.75, 3.05) is 13.2 Å². The zero-order valence-electron chi connectivity index (χ0n) is 17.8. The van der Waals surface area contributed by atoms with Gasteiger partial charge in [0, 0.05) is 11.6 Å². The molecule has 4 heteroatoms. The van der Waals surface area contributed by atoms with Crippen LogP contribution in [0.2, 0.25) is 0 Å². The molecule has 0 saturated heterocycles. The van der Waals surface area contributed by atoms with Gasteiger partial charge in [0.15, 0.2) is 0 Å². The van der Waals surface area contributed by atoms with Crippen molar-refractivity contribution in [3.8, 4) is 11.5 Å². The predicted molar refractivity (Wildman–Crippen MR) is 117 cm³/mol. The molecule has 0 radical (unpaired) electrons. The normalized spacial score (nSPS) is 19.4. The Labute approximate surface area is 174 Å². The fourth-order valence-electron chi connectivity index (χ4n) is 3.94. The molecule has 0 bridgehead atoms. The highest BCUT2D eigenvalue weighted by molar-refractivity contribution is 5.94. The maximum Gasteiger partial charge on any atom is 0.251 e. The molecule has 29 heavy (non-hydrogen) atoms. The van der Waals surface area contributed by atoms with E-state index in [-0.39, 0.29) is 11.9 Å². The van der Waals surface area contributed by atoms with E-state index < -0.39 is 0 Å². The van der Waals surface area contributed by atoms with Crippen molar-refractivity contribution in [3.63, 3.8) is 0 Å². The molecule has 1 fully saturated rings. The minimum absolute atomic E-state index is 0.0183. The summed E-state index contributed by atoms with van der Waals surface area (Å²) in [6.07, 6.45) is 4.47. The zero-order chi connectivity index (χ0) is 20.7. The summed E-state index contributed by atoms with van der Waals surface area (Å²) >= 11 is 0. The van der Waals surface area contributed by atoms with Gasteiger partial charge in [-0.1, -0.05) is 45.0 Å². The molecule has 0 atom stereocenters. The fourth-order valence-corrected chi connectivity index (χ4v) is 3.94. The van der Waals surface area contributed by atoms with Crippen LogP contribution in [0.1, 0.15) is 56.8 Å². The maximum atomic E-state index is 12.7. The lowest BCUT2D eigenvalue weighted by molar-refractivity contribution is 0.0903. The molecule has 3 rings (SSSR count). The number of carbonyl (C=O) groups is 1. The van der Waals surface area contributed by atoms with Crippen molar-refractivity contribution < 1.29 is 14.3 Å². The van der Waals surface area contributed by atoms with E-state index in [9.17, 15) is 4.79 Å². The van der Waals surface area contributed by atoms with Crippen LogP contribution < -0.4 is 14.8 Å². The van der Waals surface area contributed by atoms with Crippen molar-refractivity contribution >= 4 is 5.91 Å². The van der Waals surface area contributed by atoms with Gasteiger partial charge < -0.3 is 14.8 Å². The number of para-hydroxylation sites is 1. The first kappa shape index (κ1) is 21.2. The smallest absolute Gasteiger partial charge is 0.251 e. The van der Waals surface area contributed by atoms with Crippen LogP contribution in [0.5, 0.6) is 11.5 Å². The summed E-state index contributed by atoms with van der Waals surface area (Å²) in [6.45, 7) is 7.82. The van der Waals surface area contributed by atoms with E-state index in [1.807, 2.05) is 48.5 Å². The quantitative estimate of drug-likeness (QED) is 0.632. The highest BCUT2D eigenvalue weighted by Gasteiger charge is 2.30. The summed E-state index contributed by atoms with van der Waals surface area (Å²) < 4.78 is 11.4. The monoisotopic (exact) mass is 395 g/mol. The summed E-state index contributed by atoms with van der Waals surface area (Å²) in [5.41, 5.74) is 0.995. The highest BCUT2D eigenvalue weighted by Crippen LogP contribution is 2.37. The molecule has 1 aliphatic carbocycles. The van der Waals surface area contributed by atoms with Crippen LogP contribution in [0, 0.1) is 11.3 Å². The Bertz CT molecular complexity index is 774. The number of benzene rings is 2. The van der Waals surface area contributed by atoms with Gasteiger partial charge in [0.2, 0.25) is 0 Å². The topological polar surface area (TPSA) is 47.6 Å². The third kappa shape index (κ3) is 6.52. The lowest BCUT2D eigenvalue weighted by atomic mass is 9.71. The van der Waals surface area contributed by atoms with Crippen LogP contribution in [0.4, 0.5) is 0 Å². The summed E-state index contributed by atoms with van der Waals surface area (Å²) in [5, 5.41) is 3.20. The minimum Gasteiger partial charge on any atom is -0.490 e. The van der Waals surface area contributed by atoms with Crippen molar-refractivity contribution in [1.29, 1.82) is 0 Å². The number of hydrogen-bond acceptors (Lipinski definition) is 3. The molecule has 2 aromatic rings. The second kappa shape index (κ2) is 9.82. The zero-order valence-corrected chi connectivity index (χ0v) is 17.8. The SMILES string of the molecule is CC(C)(C)C1CCC(NC(=O)c2cccc(OCCOc3ccccc3)c2)CC1. The third-order valence-corrected chi connectivity index (χ3v) is 5.75. The average Bonchev–Trinajstić information content (AvgIpc) is 2.72. The van der Waals surface area contributed by atoms with Crippen molar-refractivity contribution in [1.82, 2.24) is 5.32 Å². The first-order chi connectivity index (χ1) is 13.9. The highest BCUT2D eigenvalue weighted by atomic mass is 16.5. The van der Waals surface area contributed by atoms with Gasteiger partial charge in [-0.05, 0) is 67.3 Å². The number of hydrogen-bond donors (Lipinski definition) is 1. The molecule has 2 aromatic carbocycles. The minimum atomic E-state index is -0.0183. The van der Waals surface area contributed by atoms with E-state index in [4.69, 9.17) is 9.47 Å². The van der Waals surface area contributed by atoms with E-state index >= 15 is 0 Å². The molecule has 0 heterocycles. The van der Waals surface area contributed by atoms with E-state index in [2.05, 4.69) is 26.1 Å². The predicted octanol–water partition coefficient (Wildman–Crippen LogP) is 5.48. The van der Waals surface area contributed by atoms with Gasteiger partial charge in [-0.15, -0.1) is 0 Å². The van der Waals surface area contributed by atoms with Crippen LogP contribution in [-0.4, -0.2) is 25.2 Å². The van der Waals surface area contributed by atoms with Crippen molar-refractivity contribution in [2.24, 2.45) is 11.3 Å². The van der Waals surface area contributed by atoms with Crippen molar-refractivity contribution in [2.45, 2.75) is 52.5 Å². The Morgan fingerprint density at radius 2 is 1.52 bits per heavy atom. The Balaban J connectivity index is 1.44. The second-order valence-electron chi connectivity index (χ2n) is 8.93. The molecule has 1 N–H and O–H groups in total. The summed E-state index contributed by atoms with van der Waals surface area (Å²) in [6, 6.07) is 17.3. The summed E-state index contributed by atoms with van der Waals surface area (Å²) in [7, 11) is 0. The molecule has 0 unspecified atom stereocenters. The van der Waals surface area contributed by atoms with E-state index in [0.29, 0.717) is 29.9 Å². The lowest BCUT2D eigenvalue weighted by Crippen LogP contribution is -2.39. The van der Waals surface area contributed by atoms with Crippen LogP contribution in [0.25, 0.3) is 0 Å². The Morgan fingerprint density at radius 1 is 0.897 bits per heavy atom. The second-order valence-corrected chi connectivity index (χ2v) is 8.93. The van der Waals surface area contributed by atoms with Gasteiger partial charge in [-0.2, -0.15) is 0 Å². The van der Waals surface area contributed by atoms with Crippen LogP contribution in [0.15, 0.2) is 54.6 Å². The van der Waals surface area contributed by atoms with Crippen LogP contribution in [0.3, 0.4) is 0 Å². The molecule has 0 aliphatic heterocycles. The summed E-state index contributed by atoms with van der Waals surface area (Å²) in [4.78, 5) is 12.7. The number of amides is 1. The molecule has 0 aromatic heterocycles. The van der Waals surface area contributed by atoms with E-state index in [0.717, 1.165) is 24.5 Å². The Hall–Kier alpha value is -2.49. The van der Waals surface area contributed by atoms with Gasteiger partial charge in [-0.3, -0.25) is 4.79 Å². The molecular weight excluding hydrogens is 362 g/mol. The van der Waals surface area contributed by atoms with E-state index in [1.54, 1.807) is 6.07 Å². The van der Waals surface area contributed by atoms with Crippen molar-refractivity contribution in [3.05, 3.63) is 60.2 Å². The first-order valence-corrected chi connectivity index (χ1v) is 10.6. The molecule has 1 saturated carbocycles. The van der Waals surface area contributed by atoms with Gasteiger partial charge in [-0.25, -0.2) is 0 Å². The molecular formula is C25H33NO3. The number of nitrogens with one attached hydrogen (secondary N) is 1. The third-order valence-electron chi connectivity index (χ3n) is 5.75. The van der Waals surface area contributed by atoms with Crippen LogP contribution in [-0.2, 0) is 0 Å². The molecule has 1 aliphatic rings. The lowest BCUT2D eigenvalue weighted by Gasteiger charge is -2.37. The first-order valence-electron chi connectivity index (χ1n) is 10.6. The summed E-state index contributed by atoms with van der Waals surface area (Å²) in [5.74, 6) is 2.23. The van der Waals surface area contributed by atoms with Crippen LogP contribution >= 0.6 is 0 Å². The van der Waals surface area contributed by atoms with Gasteiger partial charge in [0.05, 0.1) is 0 Å².